The lowest BCUT2D eigenvalue weighted by Crippen LogP contribution is -2.14. The van der Waals surface area contributed by atoms with Crippen molar-refractivity contribution in [3.05, 3.63) is 96.5 Å². The number of carboxylic acid groups (broad SMARTS) is 1. The Morgan fingerprint density at radius 2 is 1.88 bits per heavy atom. The van der Waals surface area contributed by atoms with Crippen LogP contribution < -0.4 is 10.1 Å². The van der Waals surface area contributed by atoms with Crippen molar-refractivity contribution in [3.8, 4) is 11.8 Å². The van der Waals surface area contributed by atoms with Crippen LogP contribution in [-0.2, 0) is 11.4 Å². The average Bonchev–Trinajstić information content (AvgIpc) is 2.79. The topological polar surface area (TPSA) is 99.4 Å². The second kappa shape index (κ2) is 11.2. The molecule has 0 saturated carbocycles. The predicted octanol–water partition coefficient (Wildman–Crippen LogP) is 6.42. The fourth-order valence-corrected chi connectivity index (χ4v) is 3.77. The Morgan fingerprint density at radius 3 is 2.55 bits per heavy atom. The van der Waals surface area contributed by atoms with Gasteiger partial charge >= 0.3 is 5.97 Å². The van der Waals surface area contributed by atoms with E-state index in [1.807, 2.05) is 12.1 Å². The summed E-state index contributed by atoms with van der Waals surface area (Å²) in [5.74, 6) is -1.12. The number of hydrogen-bond acceptors (Lipinski definition) is 4. The molecule has 3 aromatic carbocycles. The number of amides is 1. The van der Waals surface area contributed by atoms with Crippen molar-refractivity contribution in [1.82, 2.24) is 0 Å². The fourth-order valence-electron chi connectivity index (χ4n) is 2.76. The van der Waals surface area contributed by atoms with E-state index in [1.54, 1.807) is 36.4 Å². The lowest BCUT2D eigenvalue weighted by atomic mass is 10.1. The van der Waals surface area contributed by atoms with Gasteiger partial charge < -0.3 is 15.2 Å². The molecule has 3 aromatic rings. The van der Waals surface area contributed by atoms with Crippen LogP contribution in [0.5, 0.6) is 5.75 Å². The highest BCUT2D eigenvalue weighted by Crippen LogP contribution is 2.26. The van der Waals surface area contributed by atoms with Crippen molar-refractivity contribution < 1.29 is 19.4 Å². The molecule has 0 aliphatic carbocycles. The van der Waals surface area contributed by atoms with E-state index in [0.717, 1.165) is 9.13 Å². The highest BCUT2D eigenvalue weighted by molar-refractivity contribution is 14.1. The largest absolute Gasteiger partial charge is 0.488 e. The zero-order valence-corrected chi connectivity index (χ0v) is 20.5. The number of aromatic carboxylic acids is 1. The van der Waals surface area contributed by atoms with Gasteiger partial charge in [-0.2, -0.15) is 5.26 Å². The Bertz CT molecular complexity index is 1300. The van der Waals surface area contributed by atoms with Gasteiger partial charge in [-0.05, 0) is 82.3 Å². The van der Waals surface area contributed by atoms with E-state index in [0.29, 0.717) is 28.0 Å². The molecule has 0 aromatic heterocycles. The van der Waals surface area contributed by atoms with Crippen LogP contribution in [0.4, 0.5) is 5.69 Å². The van der Waals surface area contributed by atoms with Crippen LogP contribution >= 0.6 is 45.8 Å². The first-order valence-electron chi connectivity index (χ1n) is 9.39. The summed E-state index contributed by atoms with van der Waals surface area (Å²) < 4.78 is 6.62. The summed E-state index contributed by atoms with van der Waals surface area (Å²) in [6.07, 6.45) is 1.45. The number of nitrogens with one attached hydrogen (secondary N) is 1. The first kappa shape index (κ1) is 24.6. The molecule has 0 heterocycles. The number of nitriles is 1. The SMILES string of the molecule is N#C/C(=C/c1ccc(OCc2ccc(Cl)c(Cl)c2)c(I)c1)C(=O)Nc1cccc(C(=O)O)c1. The summed E-state index contributed by atoms with van der Waals surface area (Å²) >= 11 is 14.1. The number of hydrogen-bond donors (Lipinski definition) is 2. The Morgan fingerprint density at radius 1 is 1.09 bits per heavy atom. The van der Waals surface area contributed by atoms with Crippen LogP contribution in [0.1, 0.15) is 21.5 Å². The second-order valence-corrected chi connectivity index (χ2v) is 8.71. The van der Waals surface area contributed by atoms with Crippen molar-refractivity contribution in [2.45, 2.75) is 6.61 Å². The molecular formula is C24H15Cl2IN2O4. The normalized spacial score (nSPS) is 10.9. The van der Waals surface area contributed by atoms with Crippen LogP contribution in [0.15, 0.2) is 66.2 Å². The van der Waals surface area contributed by atoms with E-state index < -0.39 is 11.9 Å². The standard InChI is InChI=1S/C24H15Cl2IN2O4/c25-19-6-4-15(9-20(19)26)13-33-22-7-5-14(10-21(22)27)8-17(12-28)23(30)29-18-3-1-2-16(11-18)24(31)32/h1-11H,13H2,(H,29,30)(H,31,32)/b17-8-. The molecule has 0 bridgehead atoms. The average molecular weight is 593 g/mol. The van der Waals surface area contributed by atoms with Gasteiger partial charge in [0.2, 0.25) is 0 Å². The van der Waals surface area contributed by atoms with Crippen LogP contribution in [0.3, 0.4) is 0 Å². The molecule has 0 radical (unpaired) electrons. The molecule has 0 spiro atoms. The van der Waals surface area contributed by atoms with Crippen LogP contribution in [0.25, 0.3) is 6.08 Å². The van der Waals surface area contributed by atoms with Gasteiger partial charge in [-0.15, -0.1) is 0 Å². The van der Waals surface area contributed by atoms with Gasteiger partial charge in [-0.25, -0.2) is 4.79 Å². The molecular weight excluding hydrogens is 578 g/mol. The van der Waals surface area contributed by atoms with Crippen molar-refractivity contribution >= 4 is 69.4 Å². The molecule has 0 atom stereocenters. The smallest absolute Gasteiger partial charge is 0.335 e. The highest BCUT2D eigenvalue weighted by atomic mass is 127. The third-order valence-corrected chi connectivity index (χ3v) is 5.96. The van der Waals surface area contributed by atoms with E-state index >= 15 is 0 Å². The summed E-state index contributed by atoms with van der Waals surface area (Å²) in [6, 6.07) is 18.2. The Balaban J connectivity index is 1.71. The monoisotopic (exact) mass is 592 g/mol. The highest BCUT2D eigenvalue weighted by Gasteiger charge is 2.12. The number of halogens is 3. The van der Waals surface area contributed by atoms with Gasteiger partial charge in [0.05, 0.1) is 19.2 Å². The van der Waals surface area contributed by atoms with Crippen molar-refractivity contribution in [2.24, 2.45) is 0 Å². The minimum Gasteiger partial charge on any atom is -0.488 e. The maximum Gasteiger partial charge on any atom is 0.335 e. The molecule has 33 heavy (non-hydrogen) atoms. The zero-order chi connectivity index (χ0) is 24.0. The van der Waals surface area contributed by atoms with Crippen molar-refractivity contribution in [3.63, 3.8) is 0 Å². The van der Waals surface area contributed by atoms with Crippen molar-refractivity contribution in [2.75, 3.05) is 5.32 Å². The minimum atomic E-state index is -1.11. The second-order valence-electron chi connectivity index (χ2n) is 6.74. The first-order chi connectivity index (χ1) is 15.8. The maximum absolute atomic E-state index is 12.5. The fraction of sp³-hybridized carbons (Fsp3) is 0.0417. The van der Waals surface area contributed by atoms with E-state index in [4.69, 9.17) is 33.0 Å². The number of benzene rings is 3. The van der Waals surface area contributed by atoms with Gasteiger partial charge in [0.1, 0.15) is 24.0 Å². The van der Waals surface area contributed by atoms with Crippen molar-refractivity contribution in [1.29, 1.82) is 5.26 Å². The third kappa shape index (κ3) is 6.71. The molecule has 0 fully saturated rings. The Hall–Kier alpha value is -3.06. The van der Waals surface area contributed by atoms with Crippen LogP contribution in [-0.4, -0.2) is 17.0 Å². The number of nitrogens with zero attached hydrogens (tertiary/aromatic N) is 1. The predicted molar refractivity (Wildman–Crippen MR) is 136 cm³/mol. The molecule has 2 N–H and O–H groups in total. The summed E-state index contributed by atoms with van der Waals surface area (Å²) in [6.45, 7) is 0.295. The van der Waals surface area contributed by atoms with Gasteiger partial charge in [0, 0.05) is 5.69 Å². The van der Waals surface area contributed by atoms with Gasteiger partial charge in [-0.3, -0.25) is 4.79 Å². The molecule has 166 valence electrons. The number of anilines is 1. The first-order valence-corrected chi connectivity index (χ1v) is 11.2. The molecule has 0 aliphatic heterocycles. The van der Waals surface area contributed by atoms with Crippen LogP contribution in [0, 0.1) is 14.9 Å². The van der Waals surface area contributed by atoms with E-state index in [9.17, 15) is 14.9 Å². The maximum atomic E-state index is 12.5. The number of ether oxygens (including phenoxy) is 1. The lowest BCUT2D eigenvalue weighted by molar-refractivity contribution is -0.112. The summed E-state index contributed by atoms with van der Waals surface area (Å²) in [5.41, 5.74) is 1.67. The van der Waals surface area contributed by atoms with Gasteiger partial charge in [-0.1, -0.05) is 41.4 Å². The van der Waals surface area contributed by atoms with Gasteiger partial charge in [0.15, 0.2) is 0 Å². The molecule has 9 heteroatoms. The van der Waals surface area contributed by atoms with E-state index in [1.165, 1.54) is 24.3 Å². The number of carboxylic acids is 1. The molecule has 6 nitrogen and oxygen atoms in total. The van der Waals surface area contributed by atoms with E-state index in [2.05, 4.69) is 27.9 Å². The summed E-state index contributed by atoms with van der Waals surface area (Å²) in [4.78, 5) is 23.6. The molecule has 1 amide bonds. The number of rotatable bonds is 7. The zero-order valence-electron chi connectivity index (χ0n) is 16.8. The third-order valence-electron chi connectivity index (χ3n) is 4.38. The molecule has 0 aliphatic rings. The minimum absolute atomic E-state index is 0.0290. The molecule has 0 unspecified atom stereocenters. The molecule has 3 rings (SSSR count). The summed E-state index contributed by atoms with van der Waals surface area (Å²) in [5, 5.41) is 22.0. The lowest BCUT2D eigenvalue weighted by Gasteiger charge is -2.10. The summed E-state index contributed by atoms with van der Waals surface area (Å²) in [7, 11) is 0. The Kier molecular flexibility index (Phi) is 8.33. The van der Waals surface area contributed by atoms with E-state index in [-0.39, 0.29) is 16.8 Å². The van der Waals surface area contributed by atoms with Gasteiger partial charge in [0.25, 0.3) is 5.91 Å². The Labute approximate surface area is 213 Å². The quantitative estimate of drug-likeness (QED) is 0.187. The number of carbonyl (C=O) groups is 2. The van der Waals surface area contributed by atoms with Crippen LogP contribution in [0.2, 0.25) is 10.0 Å². The molecule has 0 saturated heterocycles. The number of carbonyl (C=O) groups excluding carboxylic acids is 1.